The molecular formula is C12H8Cl2N2O3S. The molecule has 0 fully saturated rings. The van der Waals surface area contributed by atoms with Crippen LogP contribution in [-0.4, -0.2) is 21.4 Å². The number of nitrogens with zero attached hydrogens (tertiary/aromatic N) is 1. The van der Waals surface area contributed by atoms with Gasteiger partial charge in [0.25, 0.3) is 5.69 Å². The molecule has 0 unspecified atom stereocenters. The number of hydrogen-bond acceptors (Lipinski definition) is 4. The van der Waals surface area contributed by atoms with Crippen molar-refractivity contribution in [3.05, 3.63) is 56.3 Å². The number of carbonyl (C=O) groups excluding carboxylic acids is 1. The summed E-state index contributed by atoms with van der Waals surface area (Å²) in [6, 6.07) is 6.18. The number of carbonyl (C=O) groups is 1. The van der Waals surface area contributed by atoms with Crippen LogP contribution in [0.3, 0.4) is 0 Å². The van der Waals surface area contributed by atoms with Crippen molar-refractivity contribution in [3.8, 4) is 0 Å². The third-order valence-corrected chi connectivity index (χ3v) is 4.16. The van der Waals surface area contributed by atoms with Gasteiger partial charge in [0, 0.05) is 16.0 Å². The zero-order chi connectivity index (χ0) is 14.7. The van der Waals surface area contributed by atoms with Crippen LogP contribution in [0.15, 0.2) is 35.4 Å². The number of hydrogen-bond donors (Lipinski definition) is 1. The van der Waals surface area contributed by atoms with Gasteiger partial charge >= 0.3 is 0 Å². The summed E-state index contributed by atoms with van der Waals surface area (Å²) in [6.07, 6.45) is 1.18. The molecule has 0 aliphatic rings. The molecule has 20 heavy (non-hydrogen) atoms. The Kier molecular flexibility index (Phi) is 4.69. The van der Waals surface area contributed by atoms with E-state index in [0.717, 1.165) is 0 Å². The third-order valence-electron chi connectivity index (χ3n) is 2.43. The number of Topliss-reactive ketones (excluding diaryl/α,β-unsaturated/α-hetero) is 1. The van der Waals surface area contributed by atoms with Crippen LogP contribution < -0.4 is 0 Å². The molecule has 0 saturated carbocycles. The van der Waals surface area contributed by atoms with Crippen LogP contribution >= 0.6 is 35.0 Å². The van der Waals surface area contributed by atoms with Crippen molar-refractivity contribution in [2.24, 2.45) is 0 Å². The van der Waals surface area contributed by atoms with Crippen molar-refractivity contribution >= 4 is 46.4 Å². The summed E-state index contributed by atoms with van der Waals surface area (Å²) in [6.45, 7) is 0. The maximum Gasteiger partial charge on any atom is 0.287 e. The summed E-state index contributed by atoms with van der Waals surface area (Å²) >= 11 is 13.1. The molecule has 0 spiro atoms. The first-order valence-electron chi connectivity index (χ1n) is 5.41. The molecule has 0 radical (unpaired) electrons. The Morgan fingerprint density at radius 1 is 1.35 bits per heavy atom. The minimum Gasteiger partial charge on any atom is -0.353 e. The Morgan fingerprint density at radius 2 is 2.10 bits per heavy atom. The Morgan fingerprint density at radius 3 is 2.75 bits per heavy atom. The van der Waals surface area contributed by atoms with Gasteiger partial charge < -0.3 is 4.98 Å². The fourth-order valence-corrected chi connectivity index (χ4v) is 2.83. The molecule has 1 aromatic heterocycles. The van der Waals surface area contributed by atoms with Gasteiger partial charge in [-0.1, -0.05) is 23.2 Å². The second kappa shape index (κ2) is 6.30. The molecule has 0 atom stereocenters. The fourth-order valence-electron chi connectivity index (χ4n) is 1.46. The van der Waals surface area contributed by atoms with E-state index >= 15 is 0 Å². The Bertz CT molecular complexity index is 672. The van der Waals surface area contributed by atoms with Crippen molar-refractivity contribution < 1.29 is 9.72 Å². The predicted molar refractivity (Wildman–Crippen MR) is 79.0 cm³/mol. The van der Waals surface area contributed by atoms with Crippen LogP contribution in [0.25, 0.3) is 0 Å². The molecular weight excluding hydrogens is 323 g/mol. The van der Waals surface area contributed by atoms with E-state index < -0.39 is 4.92 Å². The van der Waals surface area contributed by atoms with E-state index in [1.165, 1.54) is 24.0 Å². The SMILES string of the molecule is O=C(CSc1cc(Cl)ccc1Cl)c1cc([N+](=O)[O-])c[nH]1. The average molecular weight is 331 g/mol. The molecule has 0 bridgehead atoms. The van der Waals surface area contributed by atoms with Gasteiger partial charge in [0.1, 0.15) is 0 Å². The number of H-pyrrole nitrogens is 1. The minimum atomic E-state index is -0.561. The van der Waals surface area contributed by atoms with Gasteiger partial charge in [0.2, 0.25) is 0 Å². The van der Waals surface area contributed by atoms with E-state index in [0.29, 0.717) is 14.9 Å². The molecule has 5 nitrogen and oxygen atoms in total. The number of nitro groups is 1. The van der Waals surface area contributed by atoms with E-state index in [-0.39, 0.29) is 22.9 Å². The summed E-state index contributed by atoms with van der Waals surface area (Å²) in [5.74, 6) is -0.142. The van der Waals surface area contributed by atoms with Crippen molar-refractivity contribution in [2.45, 2.75) is 4.90 Å². The summed E-state index contributed by atoms with van der Waals surface area (Å²) in [5.41, 5.74) is 0.0569. The van der Waals surface area contributed by atoms with E-state index in [1.807, 2.05) is 0 Å². The first-order valence-corrected chi connectivity index (χ1v) is 7.15. The highest BCUT2D eigenvalue weighted by atomic mass is 35.5. The number of aromatic nitrogens is 1. The topological polar surface area (TPSA) is 76.0 Å². The Labute approximate surface area is 128 Å². The number of halogens is 2. The lowest BCUT2D eigenvalue weighted by Gasteiger charge is -2.03. The highest BCUT2D eigenvalue weighted by Crippen LogP contribution is 2.30. The molecule has 0 aliphatic heterocycles. The standard InChI is InChI=1S/C12H8Cl2N2O3S/c13-7-1-2-9(14)12(3-7)20-6-11(17)10-4-8(5-15-10)16(18)19/h1-5,15H,6H2. The summed E-state index contributed by atoms with van der Waals surface area (Å²) in [4.78, 5) is 25.1. The first-order chi connectivity index (χ1) is 9.47. The van der Waals surface area contributed by atoms with E-state index in [2.05, 4.69) is 4.98 Å². The summed E-state index contributed by atoms with van der Waals surface area (Å²) in [5, 5.41) is 11.6. The number of nitrogens with one attached hydrogen (secondary N) is 1. The van der Waals surface area contributed by atoms with Crippen LogP contribution in [-0.2, 0) is 0 Å². The van der Waals surface area contributed by atoms with E-state index in [9.17, 15) is 14.9 Å². The van der Waals surface area contributed by atoms with Crippen molar-refractivity contribution in [2.75, 3.05) is 5.75 Å². The van der Waals surface area contributed by atoms with Crippen molar-refractivity contribution in [1.82, 2.24) is 4.98 Å². The molecule has 0 aliphatic carbocycles. The van der Waals surface area contributed by atoms with Gasteiger partial charge in [-0.25, -0.2) is 0 Å². The number of rotatable bonds is 5. The normalized spacial score (nSPS) is 10.5. The maximum atomic E-state index is 11.9. The van der Waals surface area contributed by atoms with Gasteiger partial charge in [0.15, 0.2) is 5.78 Å². The molecule has 1 aromatic carbocycles. The Balaban J connectivity index is 2.04. The summed E-state index contributed by atoms with van der Waals surface area (Å²) in [7, 11) is 0. The number of benzene rings is 1. The molecule has 2 rings (SSSR count). The molecule has 104 valence electrons. The van der Waals surface area contributed by atoms with Gasteiger partial charge in [-0.05, 0) is 18.2 Å². The maximum absolute atomic E-state index is 11.9. The van der Waals surface area contributed by atoms with Crippen LogP contribution in [0.4, 0.5) is 5.69 Å². The van der Waals surface area contributed by atoms with Gasteiger partial charge in [-0.3, -0.25) is 14.9 Å². The van der Waals surface area contributed by atoms with E-state index in [1.54, 1.807) is 18.2 Å². The van der Waals surface area contributed by atoms with E-state index in [4.69, 9.17) is 23.2 Å². The number of aromatic amines is 1. The lowest BCUT2D eigenvalue weighted by molar-refractivity contribution is -0.384. The zero-order valence-electron chi connectivity index (χ0n) is 9.93. The third kappa shape index (κ3) is 3.53. The molecule has 1 heterocycles. The lowest BCUT2D eigenvalue weighted by Crippen LogP contribution is -2.02. The minimum absolute atomic E-state index is 0.109. The van der Waals surface area contributed by atoms with Crippen molar-refractivity contribution in [3.63, 3.8) is 0 Å². The van der Waals surface area contributed by atoms with Gasteiger partial charge in [-0.2, -0.15) is 0 Å². The predicted octanol–water partition coefficient (Wildman–Crippen LogP) is 4.20. The smallest absolute Gasteiger partial charge is 0.287 e. The molecule has 2 aromatic rings. The van der Waals surface area contributed by atoms with Crippen molar-refractivity contribution in [1.29, 1.82) is 0 Å². The molecule has 1 N–H and O–H groups in total. The number of thioether (sulfide) groups is 1. The number of ketones is 1. The van der Waals surface area contributed by atoms with Crippen LogP contribution in [0.2, 0.25) is 10.0 Å². The second-order valence-electron chi connectivity index (χ2n) is 3.82. The highest BCUT2D eigenvalue weighted by molar-refractivity contribution is 8.00. The first kappa shape index (κ1) is 14.9. The zero-order valence-corrected chi connectivity index (χ0v) is 12.3. The van der Waals surface area contributed by atoms with Crippen LogP contribution in [0.1, 0.15) is 10.5 Å². The second-order valence-corrected chi connectivity index (χ2v) is 5.68. The lowest BCUT2D eigenvalue weighted by atomic mass is 10.3. The van der Waals surface area contributed by atoms with Gasteiger partial charge in [0.05, 0.1) is 27.6 Å². The molecule has 8 heteroatoms. The average Bonchev–Trinajstić information content (AvgIpc) is 2.89. The van der Waals surface area contributed by atoms with Gasteiger partial charge in [-0.15, -0.1) is 11.8 Å². The Hall–Kier alpha value is -1.50. The molecule has 0 amide bonds. The summed E-state index contributed by atoms with van der Waals surface area (Å²) < 4.78 is 0. The quantitative estimate of drug-likeness (QED) is 0.385. The largest absolute Gasteiger partial charge is 0.353 e. The molecule has 0 saturated heterocycles. The monoisotopic (exact) mass is 330 g/mol. The highest BCUT2D eigenvalue weighted by Gasteiger charge is 2.15. The van der Waals surface area contributed by atoms with Crippen LogP contribution in [0.5, 0.6) is 0 Å². The van der Waals surface area contributed by atoms with Crippen LogP contribution in [0, 0.1) is 10.1 Å². The fraction of sp³-hybridized carbons (Fsp3) is 0.0833.